The van der Waals surface area contributed by atoms with Crippen LogP contribution in [0.15, 0.2) is 60.9 Å². The van der Waals surface area contributed by atoms with E-state index in [9.17, 15) is 4.79 Å². The van der Waals surface area contributed by atoms with Gasteiger partial charge in [-0.05, 0) is 36.4 Å². The molecule has 2 N–H and O–H groups in total. The lowest BCUT2D eigenvalue weighted by Crippen LogP contribution is -2.37. The monoisotopic (exact) mass is 322 g/mol. The van der Waals surface area contributed by atoms with Crippen molar-refractivity contribution < 1.29 is 9.53 Å². The zero-order chi connectivity index (χ0) is 16.6. The Kier molecular flexibility index (Phi) is 5.19. The molecule has 0 spiro atoms. The molecule has 0 aliphatic rings. The van der Waals surface area contributed by atoms with Gasteiger partial charge in [-0.15, -0.1) is 0 Å². The Morgan fingerprint density at radius 2 is 1.92 bits per heavy atom. The number of urea groups is 1. The Hall–Kier alpha value is -3.15. The van der Waals surface area contributed by atoms with Crippen molar-refractivity contribution in [2.45, 2.75) is 6.54 Å². The quantitative estimate of drug-likeness (QED) is 0.684. The van der Waals surface area contributed by atoms with Gasteiger partial charge in [0.1, 0.15) is 12.4 Å². The largest absolute Gasteiger partial charge is 0.492 e. The fourth-order valence-corrected chi connectivity index (χ4v) is 2.21. The maximum atomic E-state index is 11.7. The standard InChI is InChI=1S/C18H18N4O2/c23-18(22-13-15-5-1-2-8-19-15)21-10-11-24-16-6-7-17-14(12-16)4-3-9-20-17/h1-9,12H,10-11,13H2,(H2,21,22,23). The van der Waals surface area contributed by atoms with Crippen molar-refractivity contribution in [3.05, 3.63) is 66.6 Å². The van der Waals surface area contributed by atoms with E-state index in [1.807, 2.05) is 48.5 Å². The molecule has 0 unspecified atom stereocenters. The van der Waals surface area contributed by atoms with Gasteiger partial charge in [0.25, 0.3) is 0 Å². The lowest BCUT2D eigenvalue weighted by Gasteiger charge is -2.09. The number of rotatable bonds is 6. The van der Waals surface area contributed by atoms with Gasteiger partial charge in [-0.25, -0.2) is 4.79 Å². The first-order chi connectivity index (χ1) is 11.8. The highest BCUT2D eigenvalue weighted by molar-refractivity contribution is 5.79. The van der Waals surface area contributed by atoms with Gasteiger partial charge in [-0.3, -0.25) is 9.97 Å². The molecular weight excluding hydrogens is 304 g/mol. The maximum absolute atomic E-state index is 11.7. The minimum Gasteiger partial charge on any atom is -0.492 e. The second-order valence-electron chi connectivity index (χ2n) is 5.14. The van der Waals surface area contributed by atoms with Crippen LogP contribution in [0.1, 0.15) is 5.69 Å². The number of fused-ring (bicyclic) bond motifs is 1. The van der Waals surface area contributed by atoms with Crippen LogP contribution in [0.25, 0.3) is 10.9 Å². The number of nitrogens with one attached hydrogen (secondary N) is 2. The highest BCUT2D eigenvalue weighted by Gasteiger charge is 2.01. The average Bonchev–Trinajstić information content (AvgIpc) is 2.64. The average molecular weight is 322 g/mol. The first-order valence-corrected chi connectivity index (χ1v) is 7.70. The molecule has 0 atom stereocenters. The normalized spacial score (nSPS) is 10.3. The highest BCUT2D eigenvalue weighted by atomic mass is 16.5. The van der Waals surface area contributed by atoms with Crippen LogP contribution in [0.2, 0.25) is 0 Å². The number of benzene rings is 1. The summed E-state index contributed by atoms with van der Waals surface area (Å²) in [6.45, 7) is 1.20. The topological polar surface area (TPSA) is 76.1 Å². The SMILES string of the molecule is O=C(NCCOc1ccc2ncccc2c1)NCc1ccccn1. The number of pyridine rings is 2. The summed E-state index contributed by atoms with van der Waals surface area (Å²) >= 11 is 0. The number of carbonyl (C=O) groups excluding carboxylic acids is 1. The second kappa shape index (κ2) is 7.92. The molecule has 2 heterocycles. The number of hydrogen-bond acceptors (Lipinski definition) is 4. The van der Waals surface area contributed by atoms with Crippen molar-refractivity contribution in [1.29, 1.82) is 0 Å². The predicted molar refractivity (Wildman–Crippen MR) is 91.7 cm³/mol. The molecule has 6 nitrogen and oxygen atoms in total. The summed E-state index contributed by atoms with van der Waals surface area (Å²) in [6.07, 6.45) is 3.46. The van der Waals surface area contributed by atoms with Gasteiger partial charge in [0.05, 0.1) is 24.3 Å². The molecule has 3 rings (SSSR count). The molecule has 24 heavy (non-hydrogen) atoms. The van der Waals surface area contributed by atoms with Crippen molar-refractivity contribution in [3.8, 4) is 5.75 Å². The maximum Gasteiger partial charge on any atom is 0.315 e. The molecule has 0 bridgehead atoms. The molecule has 1 aromatic carbocycles. The molecule has 2 amide bonds. The zero-order valence-corrected chi connectivity index (χ0v) is 13.1. The minimum absolute atomic E-state index is 0.244. The van der Waals surface area contributed by atoms with E-state index >= 15 is 0 Å². The Balaban J connectivity index is 1.39. The van der Waals surface area contributed by atoms with Crippen LogP contribution in [0.3, 0.4) is 0 Å². The van der Waals surface area contributed by atoms with Gasteiger partial charge in [0.2, 0.25) is 0 Å². The summed E-state index contributed by atoms with van der Waals surface area (Å²) in [5, 5.41) is 6.51. The number of nitrogens with zero attached hydrogens (tertiary/aromatic N) is 2. The van der Waals surface area contributed by atoms with Crippen molar-refractivity contribution >= 4 is 16.9 Å². The molecule has 2 aromatic heterocycles. The number of ether oxygens (including phenoxy) is 1. The van der Waals surface area contributed by atoms with Gasteiger partial charge in [-0.1, -0.05) is 12.1 Å². The molecule has 0 radical (unpaired) electrons. The third-order valence-corrected chi connectivity index (χ3v) is 3.39. The molecule has 0 aliphatic carbocycles. The van der Waals surface area contributed by atoms with Crippen molar-refractivity contribution in [1.82, 2.24) is 20.6 Å². The summed E-state index contributed by atoms with van der Waals surface area (Å²) in [5.74, 6) is 0.756. The van der Waals surface area contributed by atoms with E-state index < -0.39 is 0 Å². The van der Waals surface area contributed by atoms with Crippen molar-refractivity contribution in [3.63, 3.8) is 0 Å². The predicted octanol–water partition coefficient (Wildman–Crippen LogP) is 2.51. The Labute approximate surface area is 139 Å². The molecule has 0 fully saturated rings. The van der Waals surface area contributed by atoms with Crippen LogP contribution in [0.5, 0.6) is 5.75 Å². The number of carbonyl (C=O) groups is 1. The van der Waals surface area contributed by atoms with Gasteiger partial charge >= 0.3 is 6.03 Å². The lowest BCUT2D eigenvalue weighted by molar-refractivity contribution is 0.236. The van der Waals surface area contributed by atoms with E-state index in [1.165, 1.54) is 0 Å². The first-order valence-electron chi connectivity index (χ1n) is 7.70. The van der Waals surface area contributed by atoms with E-state index in [4.69, 9.17) is 4.74 Å². The third kappa shape index (κ3) is 4.42. The van der Waals surface area contributed by atoms with E-state index in [0.29, 0.717) is 19.7 Å². The highest BCUT2D eigenvalue weighted by Crippen LogP contribution is 2.18. The van der Waals surface area contributed by atoms with Crippen LogP contribution >= 0.6 is 0 Å². The zero-order valence-electron chi connectivity index (χ0n) is 13.1. The van der Waals surface area contributed by atoms with Gasteiger partial charge in [-0.2, -0.15) is 0 Å². The summed E-state index contributed by atoms with van der Waals surface area (Å²) in [7, 11) is 0. The van der Waals surface area contributed by atoms with Crippen LogP contribution in [-0.2, 0) is 6.54 Å². The van der Waals surface area contributed by atoms with Crippen LogP contribution in [-0.4, -0.2) is 29.2 Å². The van der Waals surface area contributed by atoms with Gasteiger partial charge < -0.3 is 15.4 Å². The number of aromatic nitrogens is 2. The van der Waals surface area contributed by atoms with Crippen molar-refractivity contribution in [2.24, 2.45) is 0 Å². The molecule has 0 saturated heterocycles. The molecular formula is C18H18N4O2. The third-order valence-electron chi connectivity index (χ3n) is 3.39. The summed E-state index contributed by atoms with van der Waals surface area (Å²) in [4.78, 5) is 20.1. The summed E-state index contributed by atoms with van der Waals surface area (Å²) < 4.78 is 5.64. The molecule has 6 heteroatoms. The number of hydrogen-bond donors (Lipinski definition) is 2. The first kappa shape index (κ1) is 15.7. The second-order valence-corrected chi connectivity index (χ2v) is 5.14. The Bertz CT molecular complexity index is 808. The fraction of sp³-hybridized carbons (Fsp3) is 0.167. The van der Waals surface area contributed by atoms with Crippen LogP contribution < -0.4 is 15.4 Å². The lowest BCUT2D eigenvalue weighted by atomic mass is 10.2. The minimum atomic E-state index is -0.244. The Morgan fingerprint density at radius 1 is 1.00 bits per heavy atom. The van der Waals surface area contributed by atoms with E-state index in [0.717, 1.165) is 22.3 Å². The van der Waals surface area contributed by atoms with Crippen LogP contribution in [0.4, 0.5) is 4.79 Å². The summed E-state index contributed by atoms with van der Waals surface area (Å²) in [6, 6.07) is 14.9. The van der Waals surface area contributed by atoms with Crippen molar-refractivity contribution in [2.75, 3.05) is 13.2 Å². The van der Waals surface area contributed by atoms with Gasteiger partial charge in [0, 0.05) is 17.8 Å². The van der Waals surface area contributed by atoms with E-state index in [1.54, 1.807) is 12.4 Å². The van der Waals surface area contributed by atoms with Gasteiger partial charge in [0.15, 0.2) is 0 Å². The van der Waals surface area contributed by atoms with E-state index in [-0.39, 0.29) is 6.03 Å². The Morgan fingerprint density at radius 3 is 2.79 bits per heavy atom. The fourth-order valence-electron chi connectivity index (χ4n) is 2.21. The van der Waals surface area contributed by atoms with E-state index in [2.05, 4.69) is 20.6 Å². The molecule has 122 valence electrons. The number of amides is 2. The molecule has 3 aromatic rings. The smallest absolute Gasteiger partial charge is 0.315 e. The molecule has 0 aliphatic heterocycles. The molecule has 0 saturated carbocycles. The van der Waals surface area contributed by atoms with Crippen LogP contribution in [0, 0.1) is 0 Å². The summed E-state index contributed by atoms with van der Waals surface area (Å²) in [5.41, 5.74) is 1.74.